The average molecular weight is 274 g/mol. The van der Waals surface area contributed by atoms with Gasteiger partial charge in [0.25, 0.3) is 0 Å². The van der Waals surface area contributed by atoms with Gasteiger partial charge in [0.15, 0.2) is 5.78 Å². The maximum atomic E-state index is 13.0. The van der Waals surface area contributed by atoms with Gasteiger partial charge < -0.3 is 0 Å². The van der Waals surface area contributed by atoms with E-state index in [4.69, 9.17) is 0 Å². The summed E-state index contributed by atoms with van der Waals surface area (Å²) in [6.07, 6.45) is 14.0. The maximum Gasteiger partial charge on any atom is 0.194 e. The van der Waals surface area contributed by atoms with Gasteiger partial charge in [0, 0.05) is 11.1 Å². The molecule has 0 aliphatic heterocycles. The summed E-state index contributed by atoms with van der Waals surface area (Å²) < 4.78 is 0. The quantitative estimate of drug-likeness (QED) is 0.714. The van der Waals surface area contributed by atoms with Crippen molar-refractivity contribution >= 4 is 5.78 Å². The molecule has 0 saturated heterocycles. The second kappa shape index (κ2) is 5.17. The zero-order chi connectivity index (χ0) is 15.0. The van der Waals surface area contributed by atoms with E-state index in [0.29, 0.717) is 0 Å². The van der Waals surface area contributed by atoms with Crippen LogP contribution in [-0.4, -0.2) is 5.78 Å². The van der Waals surface area contributed by atoms with E-state index in [0.717, 1.165) is 33.4 Å². The van der Waals surface area contributed by atoms with Crippen molar-refractivity contribution in [1.82, 2.24) is 0 Å². The zero-order valence-corrected chi connectivity index (χ0v) is 12.6. The van der Waals surface area contributed by atoms with E-state index >= 15 is 0 Å². The zero-order valence-electron chi connectivity index (χ0n) is 12.6. The van der Waals surface area contributed by atoms with Gasteiger partial charge in [0.2, 0.25) is 0 Å². The molecule has 1 heteroatoms. The SMILES string of the molecule is Cc1cc(C)c(C(=O)C2=CC=CC2=C2C=CC=C2)c(C)c1. The van der Waals surface area contributed by atoms with Crippen molar-refractivity contribution in [3.8, 4) is 0 Å². The monoisotopic (exact) mass is 274 g/mol. The summed E-state index contributed by atoms with van der Waals surface area (Å²) in [6.45, 7) is 6.09. The van der Waals surface area contributed by atoms with Gasteiger partial charge in [-0.2, -0.15) is 0 Å². The topological polar surface area (TPSA) is 17.1 Å². The molecular weight excluding hydrogens is 256 g/mol. The summed E-state index contributed by atoms with van der Waals surface area (Å²) in [5.74, 6) is 0.117. The smallest absolute Gasteiger partial charge is 0.194 e. The number of allylic oxidation sites excluding steroid dienone is 10. The van der Waals surface area contributed by atoms with E-state index in [1.54, 1.807) is 0 Å². The lowest BCUT2D eigenvalue weighted by atomic mass is 9.90. The van der Waals surface area contributed by atoms with Gasteiger partial charge in [-0.05, 0) is 43.0 Å². The largest absolute Gasteiger partial charge is 0.289 e. The van der Waals surface area contributed by atoms with E-state index < -0.39 is 0 Å². The van der Waals surface area contributed by atoms with E-state index in [-0.39, 0.29) is 5.78 Å². The van der Waals surface area contributed by atoms with E-state index in [1.165, 1.54) is 5.56 Å². The minimum atomic E-state index is 0.117. The molecule has 0 atom stereocenters. The number of aryl methyl sites for hydroxylation is 3. The molecule has 1 aromatic rings. The van der Waals surface area contributed by atoms with Crippen LogP contribution in [0.15, 0.2) is 71.4 Å². The van der Waals surface area contributed by atoms with Crippen LogP contribution in [0.4, 0.5) is 0 Å². The Morgan fingerprint density at radius 2 is 1.48 bits per heavy atom. The third-order valence-electron chi connectivity index (χ3n) is 3.94. The van der Waals surface area contributed by atoms with E-state index in [2.05, 4.69) is 19.1 Å². The van der Waals surface area contributed by atoms with Crippen LogP contribution in [0.1, 0.15) is 27.0 Å². The Bertz CT molecular complexity index is 743. The van der Waals surface area contributed by atoms with Gasteiger partial charge in [-0.3, -0.25) is 4.79 Å². The third-order valence-corrected chi connectivity index (χ3v) is 3.94. The molecule has 0 N–H and O–H groups in total. The summed E-state index contributed by atoms with van der Waals surface area (Å²) in [6, 6.07) is 4.15. The molecule has 0 fully saturated rings. The molecule has 3 rings (SSSR count). The maximum absolute atomic E-state index is 13.0. The molecule has 2 aliphatic rings. The van der Waals surface area contributed by atoms with Gasteiger partial charge in [0.05, 0.1) is 0 Å². The summed E-state index contributed by atoms with van der Waals surface area (Å²) >= 11 is 0. The van der Waals surface area contributed by atoms with Gasteiger partial charge >= 0.3 is 0 Å². The van der Waals surface area contributed by atoms with Crippen LogP contribution in [0, 0.1) is 20.8 Å². The summed E-state index contributed by atoms with van der Waals surface area (Å²) in [4.78, 5) is 13.0. The van der Waals surface area contributed by atoms with Crippen LogP contribution in [0.5, 0.6) is 0 Å². The predicted molar refractivity (Wildman–Crippen MR) is 87.5 cm³/mol. The molecule has 2 aliphatic carbocycles. The van der Waals surface area contributed by atoms with E-state index in [9.17, 15) is 4.79 Å². The van der Waals surface area contributed by atoms with Crippen LogP contribution in [-0.2, 0) is 0 Å². The van der Waals surface area contributed by atoms with Gasteiger partial charge in [-0.15, -0.1) is 0 Å². The van der Waals surface area contributed by atoms with Crippen molar-refractivity contribution < 1.29 is 4.79 Å². The standard InChI is InChI=1S/C20H18O/c1-13-11-14(2)19(15(3)12-13)20(21)18-10-6-9-17(18)16-7-4-5-8-16/h4-12H,1-3H3. The fraction of sp³-hybridized carbons (Fsp3) is 0.150. The number of benzene rings is 1. The summed E-state index contributed by atoms with van der Waals surface area (Å²) in [7, 11) is 0. The number of Topliss-reactive ketones (excluding diaryl/α,β-unsaturated/α-hetero) is 1. The van der Waals surface area contributed by atoms with Crippen LogP contribution in [0.25, 0.3) is 0 Å². The van der Waals surface area contributed by atoms with Crippen molar-refractivity contribution in [1.29, 1.82) is 0 Å². The van der Waals surface area contributed by atoms with Crippen molar-refractivity contribution in [2.45, 2.75) is 20.8 Å². The highest BCUT2D eigenvalue weighted by atomic mass is 16.1. The first-order valence-corrected chi connectivity index (χ1v) is 7.18. The Morgan fingerprint density at radius 1 is 0.857 bits per heavy atom. The minimum Gasteiger partial charge on any atom is -0.289 e. The Morgan fingerprint density at radius 3 is 2.10 bits per heavy atom. The molecule has 1 aromatic carbocycles. The van der Waals surface area contributed by atoms with Gasteiger partial charge in [-0.25, -0.2) is 0 Å². The fourth-order valence-corrected chi connectivity index (χ4v) is 3.10. The number of carbonyl (C=O) groups excluding carboxylic acids is 1. The van der Waals surface area contributed by atoms with Crippen molar-refractivity contribution in [3.63, 3.8) is 0 Å². The van der Waals surface area contributed by atoms with Crippen LogP contribution >= 0.6 is 0 Å². The number of rotatable bonds is 2. The number of carbonyl (C=O) groups is 1. The highest BCUT2D eigenvalue weighted by molar-refractivity contribution is 6.14. The molecular formula is C20H18O. The second-order valence-corrected chi connectivity index (χ2v) is 5.63. The third kappa shape index (κ3) is 2.36. The van der Waals surface area contributed by atoms with Gasteiger partial charge in [-0.1, -0.05) is 60.2 Å². The second-order valence-electron chi connectivity index (χ2n) is 5.63. The first kappa shape index (κ1) is 13.6. The lowest BCUT2D eigenvalue weighted by molar-refractivity contribution is 0.103. The fourth-order valence-electron chi connectivity index (χ4n) is 3.10. The Hall–Kier alpha value is -2.41. The Kier molecular flexibility index (Phi) is 3.34. The Balaban J connectivity index is 2.07. The molecule has 0 radical (unpaired) electrons. The first-order valence-electron chi connectivity index (χ1n) is 7.18. The molecule has 104 valence electrons. The predicted octanol–water partition coefficient (Wildman–Crippen LogP) is 4.71. The van der Waals surface area contributed by atoms with Crippen LogP contribution < -0.4 is 0 Å². The van der Waals surface area contributed by atoms with E-state index in [1.807, 2.05) is 56.4 Å². The molecule has 0 unspecified atom stereocenters. The molecule has 0 saturated carbocycles. The average Bonchev–Trinajstić information content (AvgIpc) is 3.08. The summed E-state index contributed by atoms with van der Waals surface area (Å²) in [5.41, 5.74) is 7.03. The van der Waals surface area contributed by atoms with Crippen LogP contribution in [0.2, 0.25) is 0 Å². The highest BCUT2D eigenvalue weighted by Gasteiger charge is 2.22. The van der Waals surface area contributed by atoms with Gasteiger partial charge in [0.1, 0.15) is 0 Å². The lowest BCUT2D eigenvalue weighted by Gasteiger charge is -2.13. The highest BCUT2D eigenvalue weighted by Crippen LogP contribution is 2.30. The minimum absolute atomic E-state index is 0.117. The summed E-state index contributed by atoms with van der Waals surface area (Å²) in [5, 5.41) is 0. The molecule has 1 nitrogen and oxygen atoms in total. The number of hydrogen-bond donors (Lipinski definition) is 0. The van der Waals surface area contributed by atoms with Crippen LogP contribution in [0.3, 0.4) is 0 Å². The number of hydrogen-bond acceptors (Lipinski definition) is 1. The van der Waals surface area contributed by atoms with Crippen molar-refractivity contribution in [2.75, 3.05) is 0 Å². The molecule has 0 bridgehead atoms. The lowest BCUT2D eigenvalue weighted by Crippen LogP contribution is -2.09. The first-order chi connectivity index (χ1) is 10.1. The Labute approximate surface area is 125 Å². The molecule has 21 heavy (non-hydrogen) atoms. The van der Waals surface area contributed by atoms with Crippen molar-refractivity contribution in [2.24, 2.45) is 0 Å². The molecule has 0 heterocycles. The molecule has 0 aromatic heterocycles. The van der Waals surface area contributed by atoms with Crippen molar-refractivity contribution in [3.05, 3.63) is 93.6 Å². The molecule has 0 amide bonds. The molecule has 0 spiro atoms. The normalized spacial score (nSPS) is 16.0. The number of ketones is 1.